The molecule has 0 spiro atoms. The lowest BCUT2D eigenvalue weighted by Gasteiger charge is -2.47. The largest absolute Gasteiger partial charge is 0.484 e. The quantitative estimate of drug-likeness (QED) is 0.0374. The van der Waals surface area contributed by atoms with E-state index in [9.17, 15) is 51.1 Å². The highest BCUT2D eigenvalue weighted by atomic mass is 32.2. The van der Waals surface area contributed by atoms with Crippen LogP contribution in [0, 0.1) is 23.3 Å². The molecule has 5 atom stereocenters. The number of carboxylic acid groups (broad SMARTS) is 2. The molecule has 0 unspecified atom stereocenters. The van der Waals surface area contributed by atoms with E-state index >= 15 is 0 Å². The molecule has 0 aliphatic carbocycles. The summed E-state index contributed by atoms with van der Waals surface area (Å²) in [6.45, 7) is 0.473. The normalized spacial score (nSPS) is 17.2. The first-order valence-electron chi connectivity index (χ1n) is 22.1. The number of ketones is 2. The standard InChI is InChI=1S/C28H24F2N2O6S.C25H19F2NO5S/c1-16(28(36)37)31-24(34)14-38-22-12-4-18(5-13-22)25-26(27(35)32(25)21-10-8-20(30)9-11-21)39-15-23(33)17-2-6-19(29)7-3-17;26-17-5-1-15(2-6-17)21(29)14-34-24-23(16-3-11-20(12-4-16)33-13-22(30)31)28(25(24)32)19-9-7-18(27)8-10-19/h2-13,16,25-26H,14-15H2,1H3,(H,31,34)(H,36,37);1-12,23-24H,13-14H2,(H,30,31)/t16-,25-,26-;23-,24-/m11/s1. The van der Waals surface area contributed by atoms with Crippen molar-refractivity contribution in [1.82, 2.24) is 5.32 Å². The number of hydrogen-bond acceptors (Lipinski definition) is 11. The van der Waals surface area contributed by atoms with Crippen molar-refractivity contribution in [1.29, 1.82) is 0 Å². The number of Topliss-reactive ketones (excluding diaryl/α,β-unsaturated/α-hetero) is 2. The summed E-state index contributed by atoms with van der Waals surface area (Å²) < 4.78 is 63.9. The van der Waals surface area contributed by atoms with E-state index in [0.717, 1.165) is 11.1 Å². The maximum Gasteiger partial charge on any atom is 0.341 e. The highest BCUT2D eigenvalue weighted by Gasteiger charge is 2.50. The zero-order valence-corrected chi connectivity index (χ0v) is 40.0. The molecule has 3 N–H and O–H groups in total. The molecule has 8 rings (SSSR count). The molecule has 14 nitrogen and oxygen atoms in total. The number of ether oxygens (including phenoxy) is 2. The fraction of sp³-hybridized carbons (Fsp3) is 0.189. The van der Waals surface area contributed by atoms with Gasteiger partial charge in [0, 0.05) is 22.5 Å². The van der Waals surface area contributed by atoms with E-state index in [1.807, 2.05) is 0 Å². The van der Waals surface area contributed by atoms with Crippen LogP contribution >= 0.6 is 23.5 Å². The minimum absolute atomic E-state index is 0.000862. The molecule has 73 heavy (non-hydrogen) atoms. The van der Waals surface area contributed by atoms with Gasteiger partial charge in [0.1, 0.15) is 51.3 Å². The van der Waals surface area contributed by atoms with Crippen LogP contribution < -0.4 is 24.6 Å². The zero-order valence-electron chi connectivity index (χ0n) is 38.4. The Morgan fingerprint density at radius 1 is 0.534 bits per heavy atom. The Morgan fingerprint density at radius 2 is 0.877 bits per heavy atom. The van der Waals surface area contributed by atoms with Crippen molar-refractivity contribution < 1.29 is 70.8 Å². The molecule has 6 aromatic rings. The van der Waals surface area contributed by atoms with Crippen molar-refractivity contribution >= 4 is 76.1 Å². The minimum Gasteiger partial charge on any atom is -0.484 e. The van der Waals surface area contributed by atoms with E-state index in [1.54, 1.807) is 48.5 Å². The number of anilines is 2. The fourth-order valence-corrected chi connectivity index (χ4v) is 10.0. The number of rotatable bonds is 20. The lowest BCUT2D eigenvalue weighted by Crippen LogP contribution is -2.57. The van der Waals surface area contributed by atoms with E-state index in [1.165, 1.54) is 137 Å². The van der Waals surface area contributed by atoms with Crippen LogP contribution in [0.5, 0.6) is 11.5 Å². The number of carbonyl (C=O) groups is 7. The molecule has 2 aliphatic rings. The number of aliphatic carboxylic acids is 2. The number of nitrogens with one attached hydrogen (secondary N) is 1. The molecule has 0 saturated carbocycles. The van der Waals surface area contributed by atoms with Gasteiger partial charge < -0.3 is 34.8 Å². The van der Waals surface area contributed by atoms with E-state index in [0.29, 0.717) is 34.0 Å². The topological polar surface area (TPSA) is 197 Å². The van der Waals surface area contributed by atoms with Crippen LogP contribution in [-0.4, -0.2) is 92.7 Å². The molecule has 376 valence electrons. The van der Waals surface area contributed by atoms with Crippen molar-refractivity contribution in [3.05, 3.63) is 191 Å². The lowest BCUT2D eigenvalue weighted by molar-refractivity contribution is -0.141. The maximum atomic E-state index is 13.5. The summed E-state index contributed by atoms with van der Waals surface area (Å²) in [5.41, 5.74) is 3.18. The number of nitrogens with zero attached hydrogens (tertiary/aromatic N) is 2. The fourth-order valence-electron chi connectivity index (χ4n) is 7.61. The average Bonchev–Trinajstić information content (AvgIpc) is 3.38. The molecule has 2 saturated heterocycles. The Labute approximate surface area is 423 Å². The van der Waals surface area contributed by atoms with E-state index < -0.39 is 76.3 Å². The van der Waals surface area contributed by atoms with Crippen LogP contribution in [0.15, 0.2) is 146 Å². The molecule has 3 amide bonds. The van der Waals surface area contributed by atoms with Gasteiger partial charge in [-0.05, 0) is 139 Å². The van der Waals surface area contributed by atoms with Crippen molar-refractivity contribution in [2.45, 2.75) is 35.5 Å². The van der Waals surface area contributed by atoms with Gasteiger partial charge in [0.15, 0.2) is 24.8 Å². The van der Waals surface area contributed by atoms with Crippen LogP contribution in [0.4, 0.5) is 28.9 Å². The van der Waals surface area contributed by atoms with Gasteiger partial charge in [0.25, 0.3) is 5.91 Å². The Hall–Kier alpha value is -7.97. The molecule has 0 bridgehead atoms. The number of benzene rings is 6. The Balaban J connectivity index is 0.000000216. The zero-order chi connectivity index (χ0) is 52.3. The van der Waals surface area contributed by atoms with Crippen LogP contribution in [0.25, 0.3) is 0 Å². The van der Waals surface area contributed by atoms with E-state index in [2.05, 4.69) is 5.32 Å². The van der Waals surface area contributed by atoms with Crippen LogP contribution in [0.1, 0.15) is 50.9 Å². The molecule has 20 heteroatoms. The van der Waals surface area contributed by atoms with Crippen LogP contribution in [-0.2, 0) is 24.0 Å². The summed E-state index contributed by atoms with van der Waals surface area (Å²) in [4.78, 5) is 87.9. The summed E-state index contributed by atoms with van der Waals surface area (Å²) in [7, 11) is 0. The SMILES string of the molecule is C[C@@H](NC(=O)COc1ccc([C@@H]2[C@@H](SCC(=O)c3ccc(F)cc3)C(=O)N2c2ccc(F)cc2)cc1)C(=O)O.O=C(O)COc1ccc([C@@H]2[C@@H](SCC(=O)c3ccc(F)cc3)C(=O)N2c2ccc(F)cc2)cc1. The lowest BCUT2D eigenvalue weighted by atomic mass is 9.92. The first kappa shape index (κ1) is 52.8. The number of carboxylic acids is 2. The molecule has 6 aromatic carbocycles. The van der Waals surface area contributed by atoms with Crippen LogP contribution in [0.2, 0.25) is 0 Å². The summed E-state index contributed by atoms with van der Waals surface area (Å²) in [5, 5.41) is 18.8. The first-order valence-corrected chi connectivity index (χ1v) is 24.2. The van der Waals surface area contributed by atoms with Crippen molar-refractivity contribution in [2.24, 2.45) is 0 Å². The third-order valence-corrected chi connectivity index (χ3v) is 13.8. The van der Waals surface area contributed by atoms with Crippen molar-refractivity contribution in [3.8, 4) is 11.5 Å². The van der Waals surface area contributed by atoms with Gasteiger partial charge in [0.2, 0.25) is 11.8 Å². The van der Waals surface area contributed by atoms with Gasteiger partial charge in [-0.25, -0.2) is 22.4 Å². The van der Waals surface area contributed by atoms with Gasteiger partial charge in [0.05, 0.1) is 23.6 Å². The summed E-state index contributed by atoms with van der Waals surface area (Å²) >= 11 is 2.35. The van der Waals surface area contributed by atoms with E-state index in [-0.39, 0.29) is 41.5 Å². The monoisotopic (exact) mass is 1040 g/mol. The molecular formula is C53H43F4N3O11S2. The van der Waals surface area contributed by atoms with Gasteiger partial charge in [-0.15, -0.1) is 23.5 Å². The molecule has 0 radical (unpaired) electrons. The molecule has 0 aromatic heterocycles. The first-order chi connectivity index (χ1) is 35.0. The van der Waals surface area contributed by atoms with Crippen LogP contribution in [0.3, 0.4) is 0 Å². The number of hydrogen-bond donors (Lipinski definition) is 3. The number of thioether (sulfide) groups is 2. The summed E-state index contributed by atoms with van der Waals surface area (Å²) in [5.74, 6) is -4.82. The Morgan fingerprint density at radius 3 is 1.22 bits per heavy atom. The minimum atomic E-state index is -1.17. The highest BCUT2D eigenvalue weighted by molar-refractivity contribution is 8.01. The Bertz CT molecular complexity index is 2970. The van der Waals surface area contributed by atoms with Gasteiger partial charge in [-0.1, -0.05) is 24.3 Å². The third kappa shape index (κ3) is 13.3. The molecule has 2 heterocycles. The predicted octanol–water partition coefficient (Wildman–Crippen LogP) is 8.51. The number of β-lactam (4-membered cyclic amide) rings is 2. The maximum absolute atomic E-state index is 13.5. The third-order valence-electron chi connectivity index (χ3n) is 11.3. The van der Waals surface area contributed by atoms with Gasteiger partial charge >= 0.3 is 11.9 Å². The summed E-state index contributed by atoms with van der Waals surface area (Å²) in [6, 6.07) is 32.8. The van der Waals surface area contributed by atoms with Gasteiger partial charge in [-0.2, -0.15) is 0 Å². The average molecular weight is 1040 g/mol. The second-order valence-corrected chi connectivity index (χ2v) is 18.6. The summed E-state index contributed by atoms with van der Waals surface area (Å²) in [6.07, 6.45) is 0. The highest BCUT2D eigenvalue weighted by Crippen LogP contribution is 2.47. The second kappa shape index (κ2) is 24.0. The van der Waals surface area contributed by atoms with Crippen molar-refractivity contribution in [2.75, 3.05) is 34.5 Å². The Kier molecular flexibility index (Phi) is 17.3. The smallest absolute Gasteiger partial charge is 0.341 e. The van der Waals surface area contributed by atoms with Gasteiger partial charge in [-0.3, -0.25) is 28.8 Å². The molecule has 2 fully saturated rings. The number of amides is 3. The predicted molar refractivity (Wildman–Crippen MR) is 264 cm³/mol. The number of carbonyl (C=O) groups excluding carboxylic acids is 5. The molecule has 2 aliphatic heterocycles. The second-order valence-electron chi connectivity index (χ2n) is 16.3. The molecular weight excluding hydrogens is 995 g/mol. The van der Waals surface area contributed by atoms with E-state index in [4.69, 9.17) is 19.7 Å². The van der Waals surface area contributed by atoms with Crippen molar-refractivity contribution in [3.63, 3.8) is 0 Å². The number of halogens is 4.